The largest absolute Gasteiger partial charge is 0.508 e. The molecule has 0 spiro atoms. The van der Waals surface area contributed by atoms with Crippen LogP contribution < -0.4 is 16.4 Å². The fourth-order valence-corrected chi connectivity index (χ4v) is 2.49. The van der Waals surface area contributed by atoms with Gasteiger partial charge in [0.2, 0.25) is 11.8 Å². The molecular formula is C16H23N3O5S. The van der Waals surface area contributed by atoms with E-state index in [1.165, 1.54) is 23.9 Å². The molecule has 1 aromatic carbocycles. The first kappa shape index (κ1) is 20.8. The normalized spacial score (nSPS) is 12.9. The Balaban J connectivity index is 2.41. The van der Waals surface area contributed by atoms with Gasteiger partial charge < -0.3 is 26.6 Å². The van der Waals surface area contributed by atoms with E-state index in [1.54, 1.807) is 12.1 Å². The highest BCUT2D eigenvalue weighted by molar-refractivity contribution is 7.98. The third-order valence-electron chi connectivity index (χ3n) is 3.40. The van der Waals surface area contributed by atoms with Crippen molar-refractivity contribution in [3.63, 3.8) is 0 Å². The zero-order valence-corrected chi connectivity index (χ0v) is 14.7. The van der Waals surface area contributed by atoms with E-state index < -0.39 is 29.9 Å². The van der Waals surface area contributed by atoms with Crippen molar-refractivity contribution in [1.29, 1.82) is 0 Å². The molecule has 0 radical (unpaired) electrons. The molecule has 0 aliphatic heterocycles. The number of thioether (sulfide) groups is 1. The minimum Gasteiger partial charge on any atom is -0.508 e. The number of aliphatic carboxylic acids is 1. The molecular weight excluding hydrogens is 346 g/mol. The van der Waals surface area contributed by atoms with Gasteiger partial charge in [-0.1, -0.05) is 12.1 Å². The lowest BCUT2D eigenvalue weighted by Crippen LogP contribution is -2.49. The Morgan fingerprint density at radius 1 is 1.24 bits per heavy atom. The summed E-state index contributed by atoms with van der Waals surface area (Å²) in [6, 6.07) is 4.45. The smallest absolute Gasteiger partial charge is 0.326 e. The van der Waals surface area contributed by atoms with Crippen LogP contribution in [0.4, 0.5) is 0 Å². The zero-order chi connectivity index (χ0) is 18.8. The van der Waals surface area contributed by atoms with Gasteiger partial charge in [-0.25, -0.2) is 4.79 Å². The first-order chi connectivity index (χ1) is 11.8. The molecule has 0 aromatic heterocycles. The quantitative estimate of drug-likeness (QED) is 0.381. The van der Waals surface area contributed by atoms with E-state index in [0.717, 1.165) is 5.56 Å². The van der Waals surface area contributed by atoms with Crippen LogP contribution in [0, 0.1) is 0 Å². The number of phenolic OH excluding ortho intramolecular Hbond substituents is 1. The van der Waals surface area contributed by atoms with Crippen LogP contribution in [0.25, 0.3) is 0 Å². The molecule has 1 rings (SSSR count). The first-order valence-electron chi connectivity index (χ1n) is 7.65. The average Bonchev–Trinajstić information content (AvgIpc) is 2.58. The van der Waals surface area contributed by atoms with Gasteiger partial charge in [-0.15, -0.1) is 0 Å². The number of carboxylic acid groups (broad SMARTS) is 1. The number of carboxylic acids is 1. The van der Waals surface area contributed by atoms with Crippen LogP contribution in [0.2, 0.25) is 0 Å². The van der Waals surface area contributed by atoms with Crippen molar-refractivity contribution in [2.24, 2.45) is 5.73 Å². The number of hydrogen-bond acceptors (Lipinski definition) is 6. The predicted molar refractivity (Wildman–Crippen MR) is 95.4 cm³/mol. The second-order valence-corrected chi connectivity index (χ2v) is 6.42. The first-order valence-corrected chi connectivity index (χ1v) is 9.05. The lowest BCUT2D eigenvalue weighted by Gasteiger charge is -2.15. The third kappa shape index (κ3) is 7.90. The number of hydrogen-bond donors (Lipinski definition) is 5. The SMILES string of the molecule is CSCC[C@H](NC(=O)CNC(=O)[C@@H](N)Cc1ccc(O)cc1)C(=O)O. The average molecular weight is 369 g/mol. The second-order valence-electron chi connectivity index (χ2n) is 5.43. The maximum absolute atomic E-state index is 11.9. The van der Waals surface area contributed by atoms with Gasteiger partial charge in [-0.05, 0) is 42.5 Å². The van der Waals surface area contributed by atoms with Crippen LogP contribution in [0.1, 0.15) is 12.0 Å². The molecule has 0 saturated carbocycles. The second kappa shape index (κ2) is 10.6. The molecule has 138 valence electrons. The van der Waals surface area contributed by atoms with E-state index in [1.807, 2.05) is 6.26 Å². The maximum Gasteiger partial charge on any atom is 0.326 e. The van der Waals surface area contributed by atoms with Crippen molar-refractivity contribution in [3.05, 3.63) is 29.8 Å². The number of aromatic hydroxyl groups is 1. The zero-order valence-electron chi connectivity index (χ0n) is 13.9. The lowest BCUT2D eigenvalue weighted by atomic mass is 10.1. The van der Waals surface area contributed by atoms with E-state index in [-0.39, 0.29) is 18.7 Å². The van der Waals surface area contributed by atoms with Gasteiger partial charge in [-0.3, -0.25) is 9.59 Å². The van der Waals surface area contributed by atoms with E-state index in [4.69, 9.17) is 10.8 Å². The topological polar surface area (TPSA) is 142 Å². The number of phenols is 1. The Bertz CT molecular complexity index is 594. The van der Waals surface area contributed by atoms with Gasteiger partial charge in [-0.2, -0.15) is 11.8 Å². The Morgan fingerprint density at radius 2 is 1.88 bits per heavy atom. The summed E-state index contributed by atoms with van der Waals surface area (Å²) in [6.45, 7) is -0.342. The molecule has 2 amide bonds. The molecule has 0 heterocycles. The Kier molecular flexibility index (Phi) is 8.79. The van der Waals surface area contributed by atoms with E-state index in [9.17, 15) is 19.5 Å². The van der Waals surface area contributed by atoms with Crippen molar-refractivity contribution in [1.82, 2.24) is 10.6 Å². The highest BCUT2D eigenvalue weighted by Crippen LogP contribution is 2.10. The van der Waals surface area contributed by atoms with Crippen molar-refractivity contribution >= 4 is 29.5 Å². The van der Waals surface area contributed by atoms with Gasteiger partial charge in [0.25, 0.3) is 0 Å². The molecule has 0 aliphatic rings. The number of benzene rings is 1. The molecule has 0 aliphatic carbocycles. The Hall–Kier alpha value is -2.26. The molecule has 25 heavy (non-hydrogen) atoms. The molecule has 0 unspecified atom stereocenters. The Morgan fingerprint density at radius 3 is 2.44 bits per heavy atom. The Labute approximate surface area is 150 Å². The molecule has 0 bridgehead atoms. The van der Waals surface area contributed by atoms with Crippen molar-refractivity contribution in [3.8, 4) is 5.75 Å². The number of carbonyl (C=O) groups is 3. The van der Waals surface area contributed by atoms with Crippen LogP contribution in [-0.4, -0.2) is 58.6 Å². The van der Waals surface area contributed by atoms with Crippen LogP contribution in [0.15, 0.2) is 24.3 Å². The molecule has 0 fully saturated rings. The fourth-order valence-electron chi connectivity index (χ4n) is 2.02. The summed E-state index contributed by atoms with van der Waals surface area (Å²) in [7, 11) is 0. The van der Waals surface area contributed by atoms with E-state index in [2.05, 4.69) is 10.6 Å². The highest BCUT2D eigenvalue weighted by Gasteiger charge is 2.20. The van der Waals surface area contributed by atoms with Gasteiger partial charge in [0.1, 0.15) is 11.8 Å². The van der Waals surface area contributed by atoms with Crippen LogP contribution in [-0.2, 0) is 20.8 Å². The van der Waals surface area contributed by atoms with Gasteiger partial charge >= 0.3 is 5.97 Å². The summed E-state index contributed by atoms with van der Waals surface area (Å²) < 4.78 is 0. The molecule has 8 nitrogen and oxygen atoms in total. The molecule has 0 saturated heterocycles. The number of rotatable bonds is 10. The summed E-state index contributed by atoms with van der Waals surface area (Å²) in [5.41, 5.74) is 6.56. The van der Waals surface area contributed by atoms with Crippen molar-refractivity contribution < 1.29 is 24.6 Å². The molecule has 9 heteroatoms. The number of nitrogens with one attached hydrogen (secondary N) is 2. The minimum atomic E-state index is -1.11. The molecule has 2 atom stereocenters. The summed E-state index contributed by atoms with van der Waals surface area (Å²) in [5, 5.41) is 23.0. The van der Waals surface area contributed by atoms with Crippen molar-refractivity contribution in [2.75, 3.05) is 18.6 Å². The van der Waals surface area contributed by atoms with E-state index in [0.29, 0.717) is 12.2 Å². The minimum absolute atomic E-state index is 0.118. The van der Waals surface area contributed by atoms with Crippen LogP contribution in [0.3, 0.4) is 0 Å². The summed E-state index contributed by atoms with van der Waals surface area (Å²) in [4.78, 5) is 34.8. The van der Waals surface area contributed by atoms with Gasteiger partial charge in [0.15, 0.2) is 0 Å². The molecule has 6 N–H and O–H groups in total. The maximum atomic E-state index is 11.9. The molecule has 1 aromatic rings. The highest BCUT2D eigenvalue weighted by atomic mass is 32.2. The van der Waals surface area contributed by atoms with Crippen LogP contribution >= 0.6 is 11.8 Å². The summed E-state index contributed by atoms with van der Waals surface area (Å²) in [6.07, 6.45) is 2.40. The summed E-state index contributed by atoms with van der Waals surface area (Å²) >= 11 is 1.48. The predicted octanol–water partition coefficient (Wildman–Crippen LogP) is -0.299. The number of carbonyl (C=O) groups excluding carboxylic acids is 2. The lowest BCUT2D eigenvalue weighted by molar-refractivity contribution is -0.141. The van der Waals surface area contributed by atoms with Gasteiger partial charge in [0, 0.05) is 0 Å². The monoisotopic (exact) mass is 369 g/mol. The summed E-state index contributed by atoms with van der Waals surface area (Å²) in [5.74, 6) is -1.50. The fraction of sp³-hybridized carbons (Fsp3) is 0.438. The van der Waals surface area contributed by atoms with Gasteiger partial charge in [0.05, 0.1) is 12.6 Å². The third-order valence-corrected chi connectivity index (χ3v) is 4.04. The van der Waals surface area contributed by atoms with E-state index >= 15 is 0 Å². The number of amides is 2. The number of nitrogens with two attached hydrogens (primary N) is 1. The van der Waals surface area contributed by atoms with Crippen LogP contribution in [0.5, 0.6) is 5.75 Å². The standard InChI is InChI=1S/C16H23N3O5S/c1-25-7-6-13(16(23)24)19-14(21)9-18-15(22)12(17)8-10-2-4-11(20)5-3-10/h2-5,12-13,20H,6-9,17H2,1H3,(H,18,22)(H,19,21)(H,23,24)/t12-,13-/m0/s1. The van der Waals surface area contributed by atoms with Crippen molar-refractivity contribution in [2.45, 2.75) is 24.9 Å².